The fraction of sp³-hybridized carbons (Fsp3) is 0.296. The van der Waals surface area contributed by atoms with E-state index in [1.807, 2.05) is 19.1 Å². The molecule has 174 valence electrons. The van der Waals surface area contributed by atoms with Crippen LogP contribution in [0, 0.1) is 18.8 Å². The van der Waals surface area contributed by atoms with Crippen LogP contribution in [0.3, 0.4) is 0 Å². The third kappa shape index (κ3) is 4.73. The summed E-state index contributed by atoms with van der Waals surface area (Å²) in [5.74, 6) is -1.82. The van der Waals surface area contributed by atoms with Gasteiger partial charge in [0, 0.05) is 36.1 Å². The normalized spacial score (nSPS) is 17.9. The Morgan fingerprint density at radius 1 is 1.18 bits per heavy atom. The van der Waals surface area contributed by atoms with Crippen LogP contribution in [0.15, 0.2) is 67.3 Å². The van der Waals surface area contributed by atoms with Crippen molar-refractivity contribution in [2.75, 3.05) is 6.61 Å². The monoisotopic (exact) mass is 458 g/mol. The lowest BCUT2D eigenvalue weighted by molar-refractivity contribution is -0.379. The van der Waals surface area contributed by atoms with Gasteiger partial charge in [0.15, 0.2) is 18.2 Å². The van der Waals surface area contributed by atoms with Crippen LogP contribution in [-0.2, 0) is 16.1 Å². The highest BCUT2D eigenvalue weighted by molar-refractivity contribution is 6.44. The van der Waals surface area contributed by atoms with Gasteiger partial charge < -0.3 is 9.64 Å². The van der Waals surface area contributed by atoms with E-state index < -0.39 is 23.7 Å². The SMILES string of the molecule is Cc1cc(OCC(C)C)ccc1C(=O)C1C(=O)C(=O)N(Cc2cccnc2)C1c1ccc[nH+]c1. The number of aryl methyl sites for hydroxylation is 1. The first-order valence-electron chi connectivity index (χ1n) is 11.3. The second-order valence-electron chi connectivity index (χ2n) is 8.96. The molecule has 2 aromatic heterocycles. The van der Waals surface area contributed by atoms with E-state index in [2.05, 4.69) is 23.8 Å². The highest BCUT2D eigenvalue weighted by Gasteiger charge is 2.52. The quantitative estimate of drug-likeness (QED) is 0.293. The zero-order valence-electron chi connectivity index (χ0n) is 19.5. The molecule has 0 spiro atoms. The number of Topliss-reactive ketones (excluding diaryl/α,β-unsaturated/α-hetero) is 2. The Hall–Kier alpha value is -3.87. The Morgan fingerprint density at radius 2 is 2.00 bits per heavy atom. The van der Waals surface area contributed by atoms with Crippen molar-refractivity contribution >= 4 is 17.5 Å². The lowest BCUT2D eigenvalue weighted by atomic mass is 9.85. The number of pyridine rings is 2. The van der Waals surface area contributed by atoms with Gasteiger partial charge in [-0.25, -0.2) is 4.98 Å². The van der Waals surface area contributed by atoms with Gasteiger partial charge in [0.05, 0.1) is 12.6 Å². The number of amides is 1. The van der Waals surface area contributed by atoms with E-state index >= 15 is 0 Å². The van der Waals surface area contributed by atoms with Crippen LogP contribution in [-0.4, -0.2) is 34.0 Å². The molecule has 0 bridgehead atoms. The summed E-state index contributed by atoms with van der Waals surface area (Å²) in [6.07, 6.45) is 6.77. The van der Waals surface area contributed by atoms with Gasteiger partial charge >= 0.3 is 0 Å². The maximum atomic E-state index is 13.7. The van der Waals surface area contributed by atoms with Crippen molar-refractivity contribution in [1.29, 1.82) is 0 Å². The van der Waals surface area contributed by atoms with E-state index in [9.17, 15) is 14.4 Å². The topological polar surface area (TPSA) is 90.7 Å². The first kappa shape index (κ1) is 23.3. The average Bonchev–Trinajstić information content (AvgIpc) is 3.08. The summed E-state index contributed by atoms with van der Waals surface area (Å²) >= 11 is 0. The first-order chi connectivity index (χ1) is 16.4. The smallest absolute Gasteiger partial charge is 0.291 e. The number of aromatic amines is 1. The van der Waals surface area contributed by atoms with Gasteiger partial charge in [-0.15, -0.1) is 0 Å². The maximum absolute atomic E-state index is 13.7. The van der Waals surface area contributed by atoms with Crippen LogP contribution in [0.1, 0.15) is 46.9 Å². The number of carbonyl (C=O) groups is 3. The fourth-order valence-corrected chi connectivity index (χ4v) is 4.24. The number of carbonyl (C=O) groups excluding carboxylic acids is 3. The van der Waals surface area contributed by atoms with Crippen LogP contribution >= 0.6 is 0 Å². The van der Waals surface area contributed by atoms with Crippen molar-refractivity contribution in [3.8, 4) is 5.75 Å². The summed E-state index contributed by atoms with van der Waals surface area (Å²) < 4.78 is 5.77. The van der Waals surface area contributed by atoms with Gasteiger partial charge in [-0.3, -0.25) is 19.4 Å². The molecule has 1 aromatic carbocycles. The fourth-order valence-electron chi connectivity index (χ4n) is 4.24. The molecule has 0 saturated carbocycles. The van der Waals surface area contributed by atoms with Crippen molar-refractivity contribution < 1.29 is 24.1 Å². The lowest BCUT2D eigenvalue weighted by Crippen LogP contribution is -2.31. The highest BCUT2D eigenvalue weighted by atomic mass is 16.5. The van der Waals surface area contributed by atoms with Gasteiger partial charge in [-0.05, 0) is 54.3 Å². The molecule has 0 radical (unpaired) electrons. The van der Waals surface area contributed by atoms with E-state index in [-0.39, 0.29) is 12.3 Å². The molecule has 1 fully saturated rings. The molecule has 0 aliphatic carbocycles. The molecular weight excluding hydrogens is 430 g/mol. The van der Waals surface area contributed by atoms with Crippen molar-refractivity contribution in [3.63, 3.8) is 0 Å². The Kier molecular flexibility index (Phi) is 6.82. The molecule has 7 heteroatoms. The Labute approximate surface area is 198 Å². The van der Waals surface area contributed by atoms with Gasteiger partial charge in [0.1, 0.15) is 11.7 Å². The standard InChI is InChI=1S/C27H27N3O4/c1-17(2)16-34-21-8-9-22(18(3)12-21)25(31)23-24(20-7-5-11-29-14-20)30(27(33)26(23)32)15-19-6-4-10-28-13-19/h4-14,17,23-24H,15-16H2,1-3H3/p+1. The van der Waals surface area contributed by atoms with Crippen LogP contribution < -0.4 is 9.72 Å². The van der Waals surface area contributed by atoms with E-state index in [0.29, 0.717) is 35.0 Å². The van der Waals surface area contributed by atoms with Gasteiger partial charge in [0.25, 0.3) is 5.91 Å². The minimum absolute atomic E-state index is 0.183. The molecule has 3 heterocycles. The Morgan fingerprint density at radius 3 is 2.65 bits per heavy atom. The maximum Gasteiger partial charge on any atom is 0.291 e. The minimum Gasteiger partial charge on any atom is -0.493 e. The number of rotatable bonds is 8. The third-order valence-corrected chi connectivity index (χ3v) is 5.88. The predicted molar refractivity (Wildman–Crippen MR) is 125 cm³/mol. The van der Waals surface area contributed by atoms with Gasteiger partial charge in [-0.2, -0.15) is 0 Å². The molecule has 1 aliphatic rings. The minimum atomic E-state index is -1.14. The van der Waals surface area contributed by atoms with Crippen LogP contribution in [0.5, 0.6) is 5.75 Å². The Balaban J connectivity index is 1.69. The molecule has 1 N–H and O–H groups in total. The summed E-state index contributed by atoms with van der Waals surface area (Å²) in [4.78, 5) is 48.6. The molecule has 4 rings (SSSR count). The number of H-pyrrole nitrogens is 1. The number of likely N-dealkylation sites (tertiary alicyclic amines) is 1. The highest BCUT2D eigenvalue weighted by Crippen LogP contribution is 2.39. The van der Waals surface area contributed by atoms with Gasteiger partial charge in [0.2, 0.25) is 5.78 Å². The summed E-state index contributed by atoms with van der Waals surface area (Å²) in [6, 6.07) is 11.7. The molecule has 34 heavy (non-hydrogen) atoms. The van der Waals surface area contributed by atoms with Crippen molar-refractivity contribution in [2.24, 2.45) is 11.8 Å². The molecule has 2 atom stereocenters. The van der Waals surface area contributed by atoms with E-state index in [1.54, 1.807) is 55.1 Å². The molecule has 1 amide bonds. The second kappa shape index (κ2) is 9.95. The number of hydrogen-bond acceptors (Lipinski definition) is 5. The number of hydrogen-bond donors (Lipinski definition) is 0. The number of aromatic nitrogens is 2. The third-order valence-electron chi connectivity index (χ3n) is 5.88. The molecule has 3 aromatic rings. The Bertz CT molecular complexity index is 1200. The molecule has 1 aliphatic heterocycles. The van der Waals surface area contributed by atoms with Crippen molar-refractivity contribution in [1.82, 2.24) is 9.88 Å². The zero-order chi connectivity index (χ0) is 24.2. The summed E-state index contributed by atoms with van der Waals surface area (Å²) in [7, 11) is 0. The zero-order valence-corrected chi connectivity index (χ0v) is 19.5. The van der Waals surface area contributed by atoms with Crippen LogP contribution in [0.2, 0.25) is 0 Å². The molecule has 7 nitrogen and oxygen atoms in total. The van der Waals surface area contributed by atoms with Gasteiger partial charge in [-0.1, -0.05) is 19.9 Å². The summed E-state index contributed by atoms with van der Waals surface area (Å²) in [5.41, 5.74) is 2.59. The average molecular weight is 459 g/mol. The molecule has 1 saturated heterocycles. The number of benzene rings is 1. The number of nitrogens with one attached hydrogen (secondary N) is 1. The second-order valence-corrected chi connectivity index (χ2v) is 8.96. The number of ether oxygens (including phenoxy) is 1. The van der Waals surface area contributed by atoms with E-state index in [1.165, 1.54) is 4.90 Å². The molecule has 2 unspecified atom stereocenters. The van der Waals surface area contributed by atoms with Crippen LogP contribution in [0.4, 0.5) is 0 Å². The summed E-state index contributed by atoms with van der Waals surface area (Å²) in [5, 5.41) is 0. The van der Waals surface area contributed by atoms with Crippen LogP contribution in [0.25, 0.3) is 0 Å². The first-order valence-corrected chi connectivity index (χ1v) is 11.3. The van der Waals surface area contributed by atoms with Crippen molar-refractivity contribution in [3.05, 3.63) is 89.5 Å². The predicted octanol–water partition coefficient (Wildman–Crippen LogP) is 3.39. The number of nitrogens with zero attached hydrogens (tertiary/aromatic N) is 2. The summed E-state index contributed by atoms with van der Waals surface area (Å²) in [6.45, 7) is 6.69. The molecular formula is C27H28N3O4+. The lowest BCUT2D eigenvalue weighted by Gasteiger charge is -2.26. The van der Waals surface area contributed by atoms with E-state index in [4.69, 9.17) is 4.74 Å². The number of ketones is 2. The van der Waals surface area contributed by atoms with Crippen molar-refractivity contribution in [2.45, 2.75) is 33.4 Å². The van der Waals surface area contributed by atoms with E-state index in [0.717, 1.165) is 5.56 Å². The largest absolute Gasteiger partial charge is 0.493 e.